The maximum Gasteiger partial charge on any atom is 0.355 e. The standard InChI is InChI=1S/C32H29FN4O3S3/c1-17-5-9-28(42-17)23-15-22(23)20-3-2-4-21(14-20)30-24(11-19-8-10-29(43(34)40)25(33)12-19)27(13-18-6-7-18)37(36-30)32-35-26(16-41-32)31(38)39/h2-5,8-10,12,14,16,18,22-23H,6-7,11,13,15H2,1H3,(H2,34,40)(H,38,39)/p+1. The summed E-state index contributed by atoms with van der Waals surface area (Å²) in [7, 11) is -2.29. The van der Waals surface area contributed by atoms with E-state index in [0.717, 1.165) is 48.2 Å². The zero-order chi connectivity index (χ0) is 29.8. The fourth-order valence-corrected chi connectivity index (χ4v) is 8.14. The lowest BCUT2D eigenvalue weighted by Crippen LogP contribution is -2.07. The van der Waals surface area contributed by atoms with Crippen molar-refractivity contribution in [2.75, 3.05) is 0 Å². The van der Waals surface area contributed by atoms with Gasteiger partial charge in [-0.3, -0.25) is 0 Å². The number of aromatic carboxylic acids is 1. The van der Waals surface area contributed by atoms with Crippen molar-refractivity contribution in [1.82, 2.24) is 14.8 Å². The number of carboxylic acids is 1. The number of thiol groups is 1. The molecule has 0 saturated heterocycles. The summed E-state index contributed by atoms with van der Waals surface area (Å²) in [5, 5.41) is 22.1. The number of benzene rings is 2. The van der Waals surface area contributed by atoms with Crippen molar-refractivity contribution in [1.29, 1.82) is 0 Å². The van der Waals surface area contributed by atoms with Crippen molar-refractivity contribution in [2.24, 2.45) is 11.1 Å². The number of hydrogen-bond acceptors (Lipinski definition) is 6. The van der Waals surface area contributed by atoms with Crippen LogP contribution in [0.1, 0.15) is 73.7 Å². The lowest BCUT2D eigenvalue weighted by Gasteiger charge is -2.10. The van der Waals surface area contributed by atoms with Crippen molar-refractivity contribution in [3.63, 3.8) is 0 Å². The highest BCUT2D eigenvalue weighted by Crippen LogP contribution is 2.56. The first-order chi connectivity index (χ1) is 20.7. The highest BCUT2D eigenvalue weighted by molar-refractivity contribution is 7.82. The van der Waals surface area contributed by atoms with Crippen LogP contribution in [0.5, 0.6) is 0 Å². The summed E-state index contributed by atoms with van der Waals surface area (Å²) >= 11 is 3.11. The predicted molar refractivity (Wildman–Crippen MR) is 168 cm³/mol. The van der Waals surface area contributed by atoms with Gasteiger partial charge in [-0.2, -0.15) is 5.10 Å². The molecule has 2 aliphatic rings. The van der Waals surface area contributed by atoms with E-state index >= 15 is 0 Å². The molecule has 0 bridgehead atoms. The lowest BCUT2D eigenvalue weighted by atomic mass is 9.95. The predicted octanol–water partition coefficient (Wildman–Crippen LogP) is 6.95. The molecule has 0 spiro atoms. The smallest absolute Gasteiger partial charge is 0.355 e. The number of thiazole rings is 1. The quantitative estimate of drug-likeness (QED) is 0.128. The van der Waals surface area contributed by atoms with Gasteiger partial charge in [0.15, 0.2) is 22.5 Å². The minimum atomic E-state index is -2.29. The Morgan fingerprint density at radius 3 is 2.67 bits per heavy atom. The van der Waals surface area contributed by atoms with Crippen molar-refractivity contribution < 1.29 is 18.5 Å². The van der Waals surface area contributed by atoms with E-state index in [9.17, 15) is 18.5 Å². The molecule has 5 aromatic rings. The number of thiophene rings is 1. The Hall–Kier alpha value is -3.51. The molecular formula is C32H30FN4O3S3+. The summed E-state index contributed by atoms with van der Waals surface area (Å²) in [5.41, 5.74) is 5.63. The number of aryl methyl sites for hydroxylation is 1. The van der Waals surface area contributed by atoms with Crippen LogP contribution in [0.3, 0.4) is 0 Å². The van der Waals surface area contributed by atoms with Gasteiger partial charge in [0.05, 0.1) is 11.4 Å². The average Bonchev–Trinajstić information content (AvgIpc) is 3.83. The molecule has 3 aromatic heterocycles. The second-order valence-electron chi connectivity index (χ2n) is 11.5. The van der Waals surface area contributed by atoms with E-state index in [1.54, 1.807) is 10.7 Å². The van der Waals surface area contributed by atoms with Crippen LogP contribution in [0.2, 0.25) is 0 Å². The number of halogens is 1. The Kier molecular flexibility index (Phi) is 7.37. The van der Waals surface area contributed by atoms with Crippen LogP contribution in [-0.2, 0) is 28.0 Å². The first-order valence-electron chi connectivity index (χ1n) is 14.2. The van der Waals surface area contributed by atoms with Gasteiger partial charge in [-0.1, -0.05) is 28.5 Å². The average molecular weight is 634 g/mol. The Labute approximate surface area is 258 Å². The summed E-state index contributed by atoms with van der Waals surface area (Å²) in [6, 6.07) is 17.6. The normalized spacial score (nSPS) is 18.6. The second-order valence-corrected chi connectivity index (χ2v) is 14.8. The molecule has 2 aromatic carbocycles. The van der Waals surface area contributed by atoms with E-state index in [4.69, 9.17) is 10.2 Å². The third-order valence-corrected chi connectivity index (χ3v) is 11.1. The molecule has 2 aliphatic carbocycles. The van der Waals surface area contributed by atoms with Crippen LogP contribution < -0.4 is 5.14 Å². The van der Waals surface area contributed by atoms with E-state index in [2.05, 4.69) is 48.3 Å². The monoisotopic (exact) mass is 633 g/mol. The van der Waals surface area contributed by atoms with Gasteiger partial charge in [0.25, 0.3) is 0 Å². The molecule has 3 N–H and O–H groups in total. The van der Waals surface area contributed by atoms with E-state index in [0.29, 0.717) is 34.9 Å². The molecule has 3 heterocycles. The fourth-order valence-electron chi connectivity index (χ4n) is 5.82. The van der Waals surface area contributed by atoms with Gasteiger partial charge in [0.1, 0.15) is 0 Å². The number of carboxylic acid groups (broad SMARTS) is 1. The molecule has 11 heteroatoms. The molecule has 0 radical (unpaired) electrons. The van der Waals surface area contributed by atoms with Crippen LogP contribution in [0.25, 0.3) is 16.4 Å². The van der Waals surface area contributed by atoms with Gasteiger partial charge in [-0.15, -0.1) is 27.8 Å². The largest absolute Gasteiger partial charge is 0.476 e. The third kappa shape index (κ3) is 5.74. The third-order valence-electron chi connectivity index (χ3n) is 8.30. The molecule has 220 valence electrons. The van der Waals surface area contributed by atoms with Crippen LogP contribution in [0.15, 0.2) is 64.9 Å². The molecular weight excluding hydrogens is 604 g/mol. The van der Waals surface area contributed by atoms with E-state index in [1.165, 1.54) is 44.2 Å². The number of aromatic nitrogens is 3. The number of rotatable bonds is 10. The maximum atomic E-state index is 14.9. The Morgan fingerprint density at radius 1 is 1.16 bits per heavy atom. The summed E-state index contributed by atoms with van der Waals surface area (Å²) < 4.78 is 28.5. The van der Waals surface area contributed by atoms with Gasteiger partial charge in [-0.25, -0.2) is 18.9 Å². The molecule has 3 unspecified atom stereocenters. The first kappa shape index (κ1) is 28.3. The van der Waals surface area contributed by atoms with Gasteiger partial charge in [-0.05, 0) is 85.9 Å². The van der Waals surface area contributed by atoms with Gasteiger partial charge in [0.2, 0.25) is 10.0 Å². The summed E-state index contributed by atoms with van der Waals surface area (Å²) in [6.45, 7) is 2.14. The van der Waals surface area contributed by atoms with Crippen LogP contribution in [0, 0.1) is 18.7 Å². The molecule has 0 aliphatic heterocycles. The van der Waals surface area contributed by atoms with E-state index < -0.39 is 22.8 Å². The zero-order valence-electron chi connectivity index (χ0n) is 23.4. The minimum Gasteiger partial charge on any atom is -0.476 e. The van der Waals surface area contributed by atoms with Gasteiger partial charge < -0.3 is 5.11 Å². The van der Waals surface area contributed by atoms with E-state index in [1.807, 2.05) is 11.3 Å². The highest BCUT2D eigenvalue weighted by atomic mass is 32.2. The summed E-state index contributed by atoms with van der Waals surface area (Å²) in [5.74, 6) is -0.187. The van der Waals surface area contributed by atoms with Gasteiger partial charge in [0, 0.05) is 38.6 Å². The van der Waals surface area contributed by atoms with Crippen molar-refractivity contribution >= 4 is 39.6 Å². The second kappa shape index (κ2) is 11.2. The van der Waals surface area contributed by atoms with Crippen LogP contribution >= 0.6 is 22.7 Å². The topological polar surface area (TPSA) is 111 Å². The molecule has 2 saturated carbocycles. The Balaban J connectivity index is 1.33. The summed E-state index contributed by atoms with van der Waals surface area (Å²) in [6.07, 6.45) is 4.51. The van der Waals surface area contributed by atoms with Gasteiger partial charge >= 0.3 is 5.97 Å². The number of nitrogens with zero attached hydrogens (tertiary/aromatic N) is 3. The SMILES string of the molecule is Cc1ccc(C2CC2c2cccc(-c3nn(-c4nc(C(=O)O)cs4)c(CC4CC4)c3Cc3ccc([SH+](N)=O)c(F)c3)c2)s1. The molecule has 0 amide bonds. The van der Waals surface area contributed by atoms with Crippen molar-refractivity contribution in [3.05, 3.63) is 104 Å². The zero-order valence-corrected chi connectivity index (χ0v) is 25.9. The molecule has 7 nitrogen and oxygen atoms in total. The number of hydrogen-bond donors (Lipinski definition) is 2. The maximum absolute atomic E-state index is 14.9. The number of carbonyl (C=O) groups is 1. The van der Waals surface area contributed by atoms with Crippen LogP contribution in [0.4, 0.5) is 4.39 Å². The molecule has 3 atom stereocenters. The lowest BCUT2D eigenvalue weighted by molar-refractivity contribution is 0.0691. The fraction of sp³-hybridized carbons (Fsp3) is 0.281. The molecule has 2 fully saturated rings. The Morgan fingerprint density at radius 2 is 2.00 bits per heavy atom. The first-order valence-corrected chi connectivity index (χ1v) is 17.2. The Bertz CT molecular complexity index is 1890. The number of nitrogens with two attached hydrogens (primary N) is 1. The van der Waals surface area contributed by atoms with Crippen molar-refractivity contribution in [2.45, 2.75) is 55.8 Å². The highest BCUT2D eigenvalue weighted by Gasteiger charge is 2.40. The minimum absolute atomic E-state index is 0.00415. The van der Waals surface area contributed by atoms with E-state index in [-0.39, 0.29) is 10.6 Å². The summed E-state index contributed by atoms with van der Waals surface area (Å²) in [4.78, 5) is 18.8. The van der Waals surface area contributed by atoms with Crippen molar-refractivity contribution in [3.8, 4) is 16.4 Å². The molecule has 7 rings (SSSR count). The molecule has 43 heavy (non-hydrogen) atoms. The van der Waals surface area contributed by atoms with Crippen LogP contribution in [-0.4, -0.2) is 25.8 Å².